The first-order chi connectivity index (χ1) is 2.89. The molecule has 0 aromatic rings. The summed E-state index contributed by atoms with van der Waals surface area (Å²) >= 11 is -0.745. The van der Waals surface area contributed by atoms with Crippen LogP contribution in [0.4, 0.5) is 0 Å². The van der Waals surface area contributed by atoms with Crippen LogP contribution in [0.15, 0.2) is 5.10 Å². The molecule has 4 heteroatoms. The molecule has 1 heterocycles. The van der Waals surface area contributed by atoms with E-state index in [1.54, 1.807) is 0 Å². The fourth-order valence-electron chi connectivity index (χ4n) is 0.188. The third-order valence-electron chi connectivity index (χ3n) is 0.394. The molecule has 0 aromatic heterocycles. The molecule has 0 saturated heterocycles. The summed E-state index contributed by atoms with van der Waals surface area (Å²) < 4.78 is 3.01. The Balaban J connectivity index is 2.32. The Labute approximate surface area is 47.0 Å². The van der Waals surface area contributed by atoms with Crippen molar-refractivity contribution in [2.45, 2.75) is 0 Å². The van der Waals surface area contributed by atoms with Crippen LogP contribution in [0.2, 0.25) is 0 Å². The molecule has 0 saturated carbocycles. The molecule has 0 atom stereocenters. The predicted octanol–water partition coefficient (Wildman–Crippen LogP) is 1.23. The molecule has 1 aliphatic heterocycles. The topological polar surface area (TPSA) is 24.4 Å². The zero-order valence-corrected chi connectivity index (χ0v) is 6.28. The van der Waals surface area contributed by atoms with Crippen molar-refractivity contribution >= 4 is 33.2 Å². The van der Waals surface area contributed by atoms with Gasteiger partial charge in [0.05, 0.1) is 0 Å². The molecule has 0 fully saturated rings. The van der Waals surface area contributed by atoms with Crippen LogP contribution < -0.4 is 3.64 Å². The monoisotopic (exact) mass is 216 g/mol. The van der Waals surface area contributed by atoms with E-state index in [1.165, 1.54) is 0 Å². The third kappa shape index (κ3) is 1.01. The normalized spacial score (nSPS) is 24.5. The van der Waals surface area contributed by atoms with E-state index in [0.29, 0.717) is 0 Å². The van der Waals surface area contributed by atoms with Crippen LogP contribution in [0.5, 0.6) is 0 Å². The van der Waals surface area contributed by atoms with Crippen molar-refractivity contribution in [3.05, 3.63) is 0 Å². The fraction of sp³-hybridized carbons (Fsp3) is 0.500. The number of alkyl halides is 1. The Morgan fingerprint density at radius 3 is 3.00 bits per heavy atom. The van der Waals surface area contributed by atoms with E-state index in [4.69, 9.17) is 0 Å². The van der Waals surface area contributed by atoms with E-state index in [0.717, 1.165) is 0 Å². The molecule has 2 nitrogen and oxygen atoms in total. The van der Waals surface area contributed by atoms with Crippen molar-refractivity contribution in [2.75, 3.05) is 4.93 Å². The number of nitrogens with zero attached hydrogens (tertiary/aromatic N) is 1. The van der Waals surface area contributed by atoms with Gasteiger partial charge < -0.3 is 0 Å². The van der Waals surface area contributed by atoms with Gasteiger partial charge in [0, 0.05) is 0 Å². The molecule has 1 aliphatic rings. The molecule has 0 unspecified atom stereocenters. The predicted molar refractivity (Wildman–Crippen MR) is 39.2 cm³/mol. The summed E-state index contributed by atoms with van der Waals surface area (Å²) in [7, 11) is 1.85. The van der Waals surface area contributed by atoms with E-state index in [-0.39, 0.29) is 0 Å². The Kier molecular flexibility index (Phi) is 1.58. The molecule has 0 aromatic carbocycles. The van der Waals surface area contributed by atoms with Crippen molar-refractivity contribution in [3.63, 3.8) is 0 Å². The van der Waals surface area contributed by atoms with Crippen LogP contribution >= 0.6 is 27.6 Å². The average molecular weight is 216 g/mol. The van der Waals surface area contributed by atoms with Gasteiger partial charge in [0.1, 0.15) is 0 Å². The van der Waals surface area contributed by atoms with Crippen molar-refractivity contribution < 1.29 is 0 Å². The summed E-state index contributed by atoms with van der Waals surface area (Å²) in [6.07, 6.45) is 0. The zero-order chi connectivity index (χ0) is 4.41. The van der Waals surface area contributed by atoms with Gasteiger partial charge in [0.2, 0.25) is 0 Å². The molecule has 0 spiro atoms. The summed E-state index contributed by atoms with van der Waals surface area (Å²) in [5.41, 5.74) is 1.88. The second kappa shape index (κ2) is 2.02. The molecular formula is C2H5IN2S. The summed E-state index contributed by atoms with van der Waals surface area (Å²) in [6.45, 7) is 0. The summed E-state index contributed by atoms with van der Waals surface area (Å²) in [6, 6.07) is 0. The SMILES string of the molecule is CI1NN=CS1. The van der Waals surface area contributed by atoms with Gasteiger partial charge in [-0.2, -0.15) is 0 Å². The number of nitrogens with one attached hydrogen (secondary N) is 1. The molecule has 0 amide bonds. The van der Waals surface area contributed by atoms with Crippen LogP contribution in [0.25, 0.3) is 0 Å². The van der Waals surface area contributed by atoms with E-state index < -0.39 is 18.7 Å². The summed E-state index contributed by atoms with van der Waals surface area (Å²) in [4.78, 5) is 2.22. The maximum absolute atomic E-state index is 3.82. The van der Waals surface area contributed by atoms with Crippen molar-refractivity contribution in [2.24, 2.45) is 5.10 Å². The van der Waals surface area contributed by atoms with Crippen LogP contribution in [-0.4, -0.2) is 10.5 Å². The second-order valence-electron chi connectivity index (χ2n) is 0.829. The number of halogens is 1. The van der Waals surface area contributed by atoms with Crippen molar-refractivity contribution in [3.8, 4) is 0 Å². The maximum atomic E-state index is 3.82. The van der Waals surface area contributed by atoms with Gasteiger partial charge in [-0.15, -0.1) is 0 Å². The van der Waals surface area contributed by atoms with Crippen molar-refractivity contribution in [1.29, 1.82) is 0 Å². The summed E-state index contributed by atoms with van der Waals surface area (Å²) in [5, 5.41) is 3.82. The van der Waals surface area contributed by atoms with Crippen molar-refractivity contribution in [1.82, 2.24) is 3.64 Å². The Bertz CT molecular complexity index is 65.9. The van der Waals surface area contributed by atoms with Crippen LogP contribution in [0.1, 0.15) is 0 Å². The van der Waals surface area contributed by atoms with Gasteiger partial charge >= 0.3 is 46.9 Å². The molecule has 1 rings (SSSR count). The molecular weight excluding hydrogens is 211 g/mol. The molecule has 0 radical (unpaired) electrons. The average Bonchev–Trinajstić information content (AvgIpc) is 1.86. The number of hydrogen-bond acceptors (Lipinski definition) is 3. The number of hydrogen-bond donors (Lipinski definition) is 1. The third-order valence-corrected chi connectivity index (χ3v) is 5.24. The minimum atomic E-state index is -0.745. The second-order valence-corrected chi connectivity index (χ2v) is 8.73. The first-order valence-corrected chi connectivity index (χ1v) is 8.10. The minimum absolute atomic E-state index is 0.745. The van der Waals surface area contributed by atoms with E-state index >= 15 is 0 Å². The zero-order valence-electron chi connectivity index (χ0n) is 3.31. The van der Waals surface area contributed by atoms with E-state index in [1.807, 2.05) is 14.5 Å². The standard InChI is InChI=1S/C2H5IN2S/c1-3-5-4-2-6-3/h2,5H,1H3. The number of hydrazone groups is 1. The van der Waals surface area contributed by atoms with E-state index in [2.05, 4.69) is 13.7 Å². The first-order valence-electron chi connectivity index (χ1n) is 1.44. The Morgan fingerprint density at radius 1 is 2.00 bits per heavy atom. The van der Waals surface area contributed by atoms with Gasteiger partial charge in [0.25, 0.3) is 0 Å². The quantitative estimate of drug-likeness (QED) is 0.374. The van der Waals surface area contributed by atoms with Crippen LogP contribution in [-0.2, 0) is 0 Å². The molecule has 0 aliphatic carbocycles. The molecule has 0 bridgehead atoms. The van der Waals surface area contributed by atoms with Gasteiger partial charge in [-0.25, -0.2) is 0 Å². The number of rotatable bonds is 0. The first kappa shape index (κ1) is 4.70. The van der Waals surface area contributed by atoms with Gasteiger partial charge in [-0.1, -0.05) is 0 Å². The van der Waals surface area contributed by atoms with E-state index in [9.17, 15) is 0 Å². The van der Waals surface area contributed by atoms with Gasteiger partial charge in [0.15, 0.2) is 0 Å². The molecule has 36 valence electrons. The Hall–Kier alpha value is 0.550. The fourth-order valence-corrected chi connectivity index (χ4v) is 3.13. The van der Waals surface area contributed by atoms with Crippen LogP contribution in [0.3, 0.4) is 0 Å². The van der Waals surface area contributed by atoms with Gasteiger partial charge in [-0.3, -0.25) is 0 Å². The van der Waals surface area contributed by atoms with Gasteiger partial charge in [-0.05, 0) is 0 Å². The molecule has 1 N–H and O–H groups in total. The van der Waals surface area contributed by atoms with Crippen LogP contribution in [0, 0.1) is 0 Å². The summed E-state index contributed by atoms with van der Waals surface area (Å²) in [5.74, 6) is 0. The molecule has 6 heavy (non-hydrogen) atoms. The Morgan fingerprint density at radius 2 is 2.83 bits per heavy atom.